The number of nitrogens with two attached hydrogens (primary N) is 1. The van der Waals surface area contributed by atoms with Crippen molar-refractivity contribution in [1.29, 1.82) is 0 Å². The van der Waals surface area contributed by atoms with Crippen molar-refractivity contribution >= 4 is 0 Å². The Hall–Kier alpha value is -0.0800. The highest BCUT2D eigenvalue weighted by Gasteiger charge is 2.40. The molecule has 2 aliphatic rings. The minimum atomic E-state index is 0.733. The van der Waals surface area contributed by atoms with Gasteiger partial charge in [0.2, 0.25) is 0 Å². The summed E-state index contributed by atoms with van der Waals surface area (Å²) in [6.07, 6.45) is 5.54. The molecule has 0 unspecified atom stereocenters. The quantitative estimate of drug-likeness (QED) is 0.703. The summed E-state index contributed by atoms with van der Waals surface area (Å²) in [7, 11) is 0. The molecule has 3 atom stereocenters. The molecule has 76 valence electrons. The van der Waals surface area contributed by atoms with Gasteiger partial charge in [0.25, 0.3) is 0 Å². The van der Waals surface area contributed by atoms with Gasteiger partial charge in [0.15, 0.2) is 0 Å². The van der Waals surface area contributed by atoms with E-state index >= 15 is 0 Å². The Morgan fingerprint density at radius 2 is 1.77 bits per heavy atom. The van der Waals surface area contributed by atoms with Gasteiger partial charge in [0, 0.05) is 18.1 Å². The van der Waals surface area contributed by atoms with Gasteiger partial charge in [0.1, 0.15) is 0 Å². The Kier molecular flexibility index (Phi) is 2.61. The number of piperidine rings is 1. The second-order valence-electron chi connectivity index (χ2n) is 5.00. The Bertz CT molecular complexity index is 165. The average molecular weight is 182 g/mol. The van der Waals surface area contributed by atoms with Gasteiger partial charge in [-0.05, 0) is 52.0 Å². The molecule has 2 rings (SSSR count). The largest absolute Gasteiger partial charge is 0.330 e. The van der Waals surface area contributed by atoms with Crippen molar-refractivity contribution < 1.29 is 0 Å². The van der Waals surface area contributed by atoms with E-state index < -0.39 is 0 Å². The molecular weight excluding hydrogens is 160 g/mol. The van der Waals surface area contributed by atoms with E-state index in [0.29, 0.717) is 0 Å². The molecule has 2 fully saturated rings. The summed E-state index contributed by atoms with van der Waals surface area (Å²) < 4.78 is 0. The highest BCUT2D eigenvalue weighted by molar-refractivity contribution is 4.96. The van der Waals surface area contributed by atoms with E-state index in [9.17, 15) is 0 Å². The summed E-state index contributed by atoms with van der Waals surface area (Å²) in [6, 6.07) is 2.44. The Balaban J connectivity index is 2.04. The molecule has 0 amide bonds. The minimum Gasteiger partial charge on any atom is -0.330 e. The van der Waals surface area contributed by atoms with Crippen molar-refractivity contribution in [2.45, 2.75) is 57.7 Å². The molecule has 0 aliphatic carbocycles. The molecule has 13 heavy (non-hydrogen) atoms. The maximum atomic E-state index is 5.76. The number of fused-ring (bicyclic) bond motifs is 2. The van der Waals surface area contributed by atoms with Crippen LogP contribution in [0, 0.1) is 5.92 Å². The third-order valence-electron chi connectivity index (χ3n) is 3.82. The predicted octanol–water partition coefficient (Wildman–Crippen LogP) is 1.60. The van der Waals surface area contributed by atoms with Gasteiger partial charge in [-0.3, -0.25) is 4.90 Å². The van der Waals surface area contributed by atoms with Crippen LogP contribution in [0.4, 0.5) is 0 Å². The summed E-state index contributed by atoms with van der Waals surface area (Å²) in [5.41, 5.74) is 5.76. The normalized spacial score (nSPS) is 40.2. The number of nitrogens with zero attached hydrogens (tertiary/aromatic N) is 1. The van der Waals surface area contributed by atoms with Gasteiger partial charge in [-0.25, -0.2) is 0 Å². The van der Waals surface area contributed by atoms with Gasteiger partial charge >= 0.3 is 0 Å². The van der Waals surface area contributed by atoms with E-state index in [1.807, 2.05) is 0 Å². The standard InChI is InChI=1S/C11H22N2/c1-8(2)13-10-3-4-11(13)6-9(5-10)7-12/h8-11H,3-7,12H2,1-2H3/t9-,10-,11+. The van der Waals surface area contributed by atoms with Gasteiger partial charge in [-0.2, -0.15) is 0 Å². The SMILES string of the molecule is CC(C)N1[C@@H]2CC[C@H]1C[C@H](CN)C2. The molecule has 2 heterocycles. The molecule has 0 aromatic heterocycles. The topological polar surface area (TPSA) is 29.3 Å². The number of hydrogen-bond donors (Lipinski definition) is 1. The van der Waals surface area contributed by atoms with E-state index in [0.717, 1.165) is 30.6 Å². The van der Waals surface area contributed by atoms with E-state index in [2.05, 4.69) is 18.7 Å². The minimum absolute atomic E-state index is 0.733. The van der Waals surface area contributed by atoms with Crippen LogP contribution in [0.1, 0.15) is 39.5 Å². The van der Waals surface area contributed by atoms with Crippen molar-refractivity contribution in [1.82, 2.24) is 4.90 Å². The highest BCUT2D eigenvalue weighted by Crippen LogP contribution is 2.39. The van der Waals surface area contributed by atoms with Gasteiger partial charge in [0.05, 0.1) is 0 Å². The molecule has 0 saturated carbocycles. The second-order valence-corrected chi connectivity index (χ2v) is 5.00. The van der Waals surface area contributed by atoms with Crippen LogP contribution in [0.3, 0.4) is 0 Å². The second kappa shape index (κ2) is 3.58. The van der Waals surface area contributed by atoms with Crippen LogP contribution in [0.2, 0.25) is 0 Å². The molecule has 0 radical (unpaired) electrons. The molecule has 0 spiro atoms. The zero-order valence-corrected chi connectivity index (χ0v) is 8.87. The van der Waals surface area contributed by atoms with Crippen molar-refractivity contribution in [2.24, 2.45) is 11.7 Å². The molecular formula is C11H22N2. The van der Waals surface area contributed by atoms with Crippen LogP contribution in [0.15, 0.2) is 0 Å². The first-order valence-electron chi connectivity index (χ1n) is 5.70. The molecule has 2 aliphatic heterocycles. The van der Waals surface area contributed by atoms with Crippen LogP contribution in [0.25, 0.3) is 0 Å². The predicted molar refractivity (Wildman–Crippen MR) is 55.6 cm³/mol. The number of hydrogen-bond acceptors (Lipinski definition) is 2. The first-order valence-corrected chi connectivity index (χ1v) is 5.70. The fourth-order valence-electron chi connectivity index (χ4n) is 3.36. The fourth-order valence-corrected chi connectivity index (χ4v) is 3.36. The van der Waals surface area contributed by atoms with Crippen molar-refractivity contribution in [3.05, 3.63) is 0 Å². The lowest BCUT2D eigenvalue weighted by atomic mass is 9.90. The Morgan fingerprint density at radius 3 is 2.15 bits per heavy atom. The molecule has 2 nitrogen and oxygen atoms in total. The van der Waals surface area contributed by atoms with Crippen LogP contribution in [0.5, 0.6) is 0 Å². The molecule has 2 heteroatoms. The van der Waals surface area contributed by atoms with Crippen LogP contribution >= 0.6 is 0 Å². The lowest BCUT2D eigenvalue weighted by molar-refractivity contribution is 0.0758. The summed E-state index contributed by atoms with van der Waals surface area (Å²) >= 11 is 0. The zero-order valence-electron chi connectivity index (χ0n) is 8.87. The Morgan fingerprint density at radius 1 is 1.23 bits per heavy atom. The van der Waals surface area contributed by atoms with Crippen molar-refractivity contribution in [3.63, 3.8) is 0 Å². The summed E-state index contributed by atoms with van der Waals surface area (Å²) in [5, 5.41) is 0. The van der Waals surface area contributed by atoms with Gasteiger partial charge < -0.3 is 5.73 Å². The molecule has 2 saturated heterocycles. The summed E-state index contributed by atoms with van der Waals surface area (Å²) in [5.74, 6) is 0.812. The molecule has 2 N–H and O–H groups in total. The molecule has 2 bridgehead atoms. The van der Waals surface area contributed by atoms with Crippen LogP contribution in [-0.4, -0.2) is 29.6 Å². The summed E-state index contributed by atoms with van der Waals surface area (Å²) in [6.45, 7) is 5.56. The lowest BCUT2D eigenvalue weighted by Crippen LogP contribution is -2.47. The smallest absolute Gasteiger partial charge is 0.0105 e. The molecule has 0 aromatic carbocycles. The maximum Gasteiger partial charge on any atom is 0.0105 e. The summed E-state index contributed by atoms with van der Waals surface area (Å²) in [4.78, 5) is 2.73. The zero-order chi connectivity index (χ0) is 9.42. The third kappa shape index (κ3) is 1.62. The highest BCUT2D eigenvalue weighted by atomic mass is 15.2. The number of rotatable bonds is 2. The van der Waals surface area contributed by atoms with E-state index in [4.69, 9.17) is 5.73 Å². The van der Waals surface area contributed by atoms with Crippen LogP contribution < -0.4 is 5.73 Å². The molecule has 0 aromatic rings. The first-order chi connectivity index (χ1) is 6.22. The lowest BCUT2D eigenvalue weighted by Gasteiger charge is -2.41. The third-order valence-corrected chi connectivity index (χ3v) is 3.82. The van der Waals surface area contributed by atoms with E-state index in [1.54, 1.807) is 0 Å². The van der Waals surface area contributed by atoms with E-state index in [-0.39, 0.29) is 0 Å². The van der Waals surface area contributed by atoms with Crippen LogP contribution in [-0.2, 0) is 0 Å². The Labute approximate surface area is 81.5 Å². The van der Waals surface area contributed by atoms with Crippen molar-refractivity contribution in [3.8, 4) is 0 Å². The maximum absolute atomic E-state index is 5.76. The average Bonchev–Trinajstić information content (AvgIpc) is 2.37. The van der Waals surface area contributed by atoms with Gasteiger partial charge in [-0.15, -0.1) is 0 Å². The monoisotopic (exact) mass is 182 g/mol. The van der Waals surface area contributed by atoms with Crippen molar-refractivity contribution in [2.75, 3.05) is 6.54 Å². The van der Waals surface area contributed by atoms with Gasteiger partial charge in [-0.1, -0.05) is 0 Å². The fraction of sp³-hybridized carbons (Fsp3) is 1.00. The first kappa shape index (κ1) is 9.47. The van der Waals surface area contributed by atoms with E-state index in [1.165, 1.54) is 25.7 Å².